The molecule has 2 heteroatoms. The molecular formula is C52H35NO. The Balaban J connectivity index is 1.23. The average Bonchev–Trinajstić information content (AvgIpc) is 3.66. The van der Waals surface area contributed by atoms with Gasteiger partial charge in [0.1, 0.15) is 11.2 Å². The quantitative estimate of drug-likeness (QED) is 0.166. The number of furan rings is 1. The van der Waals surface area contributed by atoms with E-state index in [1.807, 2.05) is 0 Å². The Kier molecular flexibility index (Phi) is 7.85. The van der Waals surface area contributed by atoms with Crippen molar-refractivity contribution in [2.45, 2.75) is 0 Å². The van der Waals surface area contributed by atoms with Crippen LogP contribution in [0.4, 0.5) is 17.1 Å². The van der Waals surface area contributed by atoms with Gasteiger partial charge in [-0.25, -0.2) is 0 Å². The van der Waals surface area contributed by atoms with Crippen LogP contribution >= 0.6 is 0 Å². The molecule has 0 amide bonds. The lowest BCUT2D eigenvalue weighted by Gasteiger charge is -2.27. The SMILES string of the molecule is c1ccc(-c2ccc(N(c3ccc(-c4ccccc4)cc3)c3cccc4oc5c(-c6ccccc6-c6ccccc6)cc6ccccc6c5c34)cc2)cc1. The molecular weight excluding hydrogens is 655 g/mol. The van der Waals surface area contributed by atoms with Gasteiger partial charge in [0, 0.05) is 22.3 Å². The van der Waals surface area contributed by atoms with Crippen LogP contribution in [0.1, 0.15) is 0 Å². The van der Waals surface area contributed by atoms with E-state index >= 15 is 0 Å². The second-order valence-corrected chi connectivity index (χ2v) is 13.7. The Labute approximate surface area is 314 Å². The predicted molar refractivity (Wildman–Crippen MR) is 228 cm³/mol. The molecule has 0 aliphatic heterocycles. The van der Waals surface area contributed by atoms with Gasteiger partial charge >= 0.3 is 0 Å². The summed E-state index contributed by atoms with van der Waals surface area (Å²) in [5.74, 6) is 0. The van der Waals surface area contributed by atoms with Gasteiger partial charge in [-0.1, -0.05) is 170 Å². The minimum Gasteiger partial charge on any atom is -0.455 e. The maximum atomic E-state index is 7.03. The lowest BCUT2D eigenvalue weighted by atomic mass is 9.91. The van der Waals surface area contributed by atoms with E-state index in [1.54, 1.807) is 0 Å². The van der Waals surface area contributed by atoms with E-state index in [0.29, 0.717) is 0 Å². The lowest BCUT2D eigenvalue weighted by molar-refractivity contribution is 0.670. The van der Waals surface area contributed by atoms with E-state index in [-0.39, 0.29) is 0 Å². The first kappa shape index (κ1) is 31.6. The zero-order valence-electron chi connectivity index (χ0n) is 29.6. The summed E-state index contributed by atoms with van der Waals surface area (Å²) in [5.41, 5.74) is 14.3. The van der Waals surface area contributed by atoms with E-state index in [9.17, 15) is 0 Å². The van der Waals surface area contributed by atoms with E-state index < -0.39 is 0 Å². The Morgan fingerprint density at radius 3 is 1.44 bits per heavy atom. The van der Waals surface area contributed by atoms with Gasteiger partial charge in [-0.15, -0.1) is 0 Å². The molecule has 10 rings (SSSR count). The predicted octanol–water partition coefficient (Wildman–Crippen LogP) is 14.9. The summed E-state index contributed by atoms with van der Waals surface area (Å²) < 4.78 is 7.03. The van der Waals surface area contributed by atoms with Gasteiger partial charge in [-0.05, 0) is 92.2 Å². The van der Waals surface area contributed by atoms with Crippen molar-refractivity contribution in [1.29, 1.82) is 0 Å². The second-order valence-electron chi connectivity index (χ2n) is 13.7. The highest BCUT2D eigenvalue weighted by Crippen LogP contribution is 2.48. The molecule has 0 unspecified atom stereocenters. The van der Waals surface area contributed by atoms with Gasteiger partial charge in [0.05, 0.1) is 11.1 Å². The Morgan fingerprint density at radius 2 is 0.833 bits per heavy atom. The number of fused-ring (bicyclic) bond motifs is 5. The van der Waals surface area contributed by atoms with Gasteiger partial charge in [0.2, 0.25) is 0 Å². The Bertz CT molecular complexity index is 2810. The van der Waals surface area contributed by atoms with Crippen molar-refractivity contribution in [1.82, 2.24) is 0 Å². The Morgan fingerprint density at radius 1 is 0.333 bits per heavy atom. The van der Waals surface area contributed by atoms with E-state index in [4.69, 9.17) is 4.42 Å². The topological polar surface area (TPSA) is 16.4 Å². The van der Waals surface area contributed by atoms with Crippen LogP contribution in [-0.2, 0) is 0 Å². The number of hydrogen-bond acceptors (Lipinski definition) is 2. The number of rotatable bonds is 7. The summed E-state index contributed by atoms with van der Waals surface area (Å²) in [4.78, 5) is 2.38. The number of nitrogens with zero attached hydrogens (tertiary/aromatic N) is 1. The van der Waals surface area contributed by atoms with Crippen molar-refractivity contribution in [3.63, 3.8) is 0 Å². The first-order valence-electron chi connectivity index (χ1n) is 18.4. The second kappa shape index (κ2) is 13.4. The highest BCUT2D eigenvalue weighted by Gasteiger charge is 2.24. The molecule has 254 valence electrons. The minimum atomic E-state index is 0.851. The maximum Gasteiger partial charge on any atom is 0.143 e. The summed E-state index contributed by atoms with van der Waals surface area (Å²) in [6.07, 6.45) is 0. The number of hydrogen-bond donors (Lipinski definition) is 0. The van der Waals surface area contributed by atoms with Crippen LogP contribution in [-0.4, -0.2) is 0 Å². The first-order valence-corrected chi connectivity index (χ1v) is 18.4. The normalized spacial score (nSPS) is 11.3. The van der Waals surface area contributed by atoms with Crippen LogP contribution in [0.25, 0.3) is 77.2 Å². The molecule has 0 N–H and O–H groups in total. The van der Waals surface area contributed by atoms with Crippen LogP contribution < -0.4 is 4.90 Å². The fraction of sp³-hybridized carbons (Fsp3) is 0. The summed E-state index contributed by atoms with van der Waals surface area (Å²) in [6, 6.07) is 75.6. The largest absolute Gasteiger partial charge is 0.455 e. The monoisotopic (exact) mass is 689 g/mol. The highest BCUT2D eigenvalue weighted by atomic mass is 16.3. The molecule has 9 aromatic carbocycles. The van der Waals surface area contributed by atoms with Gasteiger partial charge in [0.25, 0.3) is 0 Å². The summed E-state index contributed by atoms with van der Waals surface area (Å²) in [5, 5.41) is 4.54. The molecule has 0 saturated heterocycles. The van der Waals surface area contributed by atoms with Crippen LogP contribution in [0.5, 0.6) is 0 Å². The van der Waals surface area contributed by atoms with E-state index in [0.717, 1.165) is 50.1 Å². The third kappa shape index (κ3) is 5.53. The molecule has 0 atom stereocenters. The van der Waals surface area contributed by atoms with Crippen molar-refractivity contribution in [3.8, 4) is 44.5 Å². The molecule has 0 aliphatic carbocycles. The molecule has 0 aliphatic rings. The fourth-order valence-corrected chi connectivity index (χ4v) is 7.92. The van der Waals surface area contributed by atoms with Crippen molar-refractivity contribution in [3.05, 3.63) is 212 Å². The molecule has 0 bridgehead atoms. The zero-order valence-corrected chi connectivity index (χ0v) is 29.6. The lowest BCUT2D eigenvalue weighted by Crippen LogP contribution is -2.10. The van der Waals surface area contributed by atoms with Crippen molar-refractivity contribution in [2.75, 3.05) is 4.90 Å². The fourth-order valence-electron chi connectivity index (χ4n) is 7.92. The van der Waals surface area contributed by atoms with Gasteiger partial charge < -0.3 is 9.32 Å². The van der Waals surface area contributed by atoms with Crippen LogP contribution in [0, 0.1) is 0 Å². The number of benzene rings is 9. The van der Waals surface area contributed by atoms with E-state index in [2.05, 4.69) is 217 Å². The van der Waals surface area contributed by atoms with Crippen molar-refractivity contribution < 1.29 is 4.42 Å². The molecule has 1 heterocycles. The number of anilines is 3. The minimum absolute atomic E-state index is 0.851. The van der Waals surface area contributed by atoms with Crippen LogP contribution in [0.15, 0.2) is 217 Å². The third-order valence-electron chi connectivity index (χ3n) is 10.5. The molecule has 0 radical (unpaired) electrons. The van der Waals surface area contributed by atoms with Crippen LogP contribution in [0.3, 0.4) is 0 Å². The summed E-state index contributed by atoms with van der Waals surface area (Å²) in [7, 11) is 0. The molecule has 1 aromatic heterocycles. The zero-order chi connectivity index (χ0) is 35.8. The Hall–Kier alpha value is -7.16. The highest BCUT2D eigenvalue weighted by molar-refractivity contribution is 6.26. The molecule has 0 fully saturated rings. The molecule has 2 nitrogen and oxygen atoms in total. The summed E-state index contributed by atoms with van der Waals surface area (Å²) >= 11 is 0. The van der Waals surface area contributed by atoms with E-state index in [1.165, 1.54) is 44.2 Å². The van der Waals surface area contributed by atoms with Gasteiger partial charge in [0.15, 0.2) is 0 Å². The van der Waals surface area contributed by atoms with Crippen LogP contribution in [0.2, 0.25) is 0 Å². The molecule has 0 saturated carbocycles. The molecule has 0 spiro atoms. The molecule has 10 aromatic rings. The van der Waals surface area contributed by atoms with Crippen molar-refractivity contribution in [2.24, 2.45) is 0 Å². The summed E-state index contributed by atoms with van der Waals surface area (Å²) in [6.45, 7) is 0. The maximum absolute atomic E-state index is 7.03. The smallest absolute Gasteiger partial charge is 0.143 e. The standard InChI is InChI=1S/C52H35NO/c1-4-15-36(16-5-1)38-27-31-42(32-28-38)53(43-33-29-39(30-34-43)37-17-6-2-7-18-37)48-25-14-26-49-51(48)50-45-23-11-10-21-41(45)35-47(52(50)54-49)46-24-13-12-22-44(46)40-19-8-3-9-20-40/h1-35H. The van der Waals surface area contributed by atoms with Crippen molar-refractivity contribution >= 4 is 49.8 Å². The van der Waals surface area contributed by atoms with Gasteiger partial charge in [-0.2, -0.15) is 0 Å². The van der Waals surface area contributed by atoms with Gasteiger partial charge in [-0.3, -0.25) is 0 Å². The average molecular weight is 690 g/mol. The first-order chi connectivity index (χ1) is 26.8. The molecule has 54 heavy (non-hydrogen) atoms. The third-order valence-corrected chi connectivity index (χ3v) is 10.5.